The second kappa shape index (κ2) is 6.79. The molecule has 0 atom stereocenters. The standard InChI is InChI=1S/C17H18ClN3O/c18-14-5-4-6-15(11-14)20-17(22)13-7-8-16(19-12-13)21-9-2-1-3-10-21/h4-8,11-12H,1-3,9-10H2,(H,20,22). The van der Waals surface area contributed by atoms with Crippen molar-refractivity contribution in [2.45, 2.75) is 19.3 Å². The summed E-state index contributed by atoms with van der Waals surface area (Å²) in [6.07, 6.45) is 5.33. The number of nitrogens with zero attached hydrogens (tertiary/aromatic N) is 2. The number of benzene rings is 1. The predicted molar refractivity (Wildman–Crippen MR) is 89.7 cm³/mol. The zero-order valence-corrected chi connectivity index (χ0v) is 13.0. The Bertz CT molecular complexity index is 651. The number of piperidine rings is 1. The van der Waals surface area contributed by atoms with Crippen LogP contribution in [0.25, 0.3) is 0 Å². The molecule has 1 amide bonds. The monoisotopic (exact) mass is 315 g/mol. The van der Waals surface area contributed by atoms with Crippen LogP contribution >= 0.6 is 11.6 Å². The summed E-state index contributed by atoms with van der Waals surface area (Å²) < 4.78 is 0. The molecule has 0 unspecified atom stereocenters. The first-order chi connectivity index (χ1) is 10.7. The van der Waals surface area contributed by atoms with Crippen molar-refractivity contribution < 1.29 is 4.79 Å². The molecular weight excluding hydrogens is 298 g/mol. The number of carbonyl (C=O) groups is 1. The summed E-state index contributed by atoms with van der Waals surface area (Å²) in [6.45, 7) is 2.09. The number of anilines is 2. The normalized spacial score (nSPS) is 14.7. The number of rotatable bonds is 3. The maximum absolute atomic E-state index is 12.2. The SMILES string of the molecule is O=C(Nc1cccc(Cl)c1)c1ccc(N2CCCCC2)nc1. The van der Waals surface area contributed by atoms with Crippen LogP contribution in [0.3, 0.4) is 0 Å². The van der Waals surface area contributed by atoms with Crippen LogP contribution in [0.2, 0.25) is 5.02 Å². The minimum Gasteiger partial charge on any atom is -0.357 e. The molecule has 0 spiro atoms. The molecule has 4 nitrogen and oxygen atoms in total. The van der Waals surface area contributed by atoms with E-state index < -0.39 is 0 Å². The Morgan fingerprint density at radius 2 is 1.95 bits per heavy atom. The molecular formula is C17H18ClN3O. The minimum atomic E-state index is -0.181. The van der Waals surface area contributed by atoms with E-state index in [1.54, 1.807) is 30.5 Å². The lowest BCUT2D eigenvalue weighted by Gasteiger charge is -2.27. The maximum atomic E-state index is 12.2. The summed E-state index contributed by atoms with van der Waals surface area (Å²) in [5.41, 5.74) is 1.22. The fourth-order valence-electron chi connectivity index (χ4n) is 2.60. The number of nitrogens with one attached hydrogen (secondary N) is 1. The molecule has 0 bridgehead atoms. The third kappa shape index (κ3) is 3.57. The number of pyridine rings is 1. The third-order valence-electron chi connectivity index (χ3n) is 3.77. The highest BCUT2D eigenvalue weighted by Crippen LogP contribution is 2.19. The van der Waals surface area contributed by atoms with Gasteiger partial charge in [-0.25, -0.2) is 4.98 Å². The molecule has 0 radical (unpaired) electrons. The summed E-state index contributed by atoms with van der Waals surface area (Å²) in [4.78, 5) is 18.9. The van der Waals surface area contributed by atoms with Crippen LogP contribution in [0.4, 0.5) is 11.5 Å². The summed E-state index contributed by atoms with van der Waals surface area (Å²) >= 11 is 5.91. The number of hydrogen-bond donors (Lipinski definition) is 1. The van der Waals surface area contributed by atoms with Gasteiger partial charge < -0.3 is 10.2 Å². The van der Waals surface area contributed by atoms with E-state index in [2.05, 4.69) is 15.2 Å². The van der Waals surface area contributed by atoms with Gasteiger partial charge in [0.15, 0.2) is 0 Å². The van der Waals surface area contributed by atoms with E-state index in [1.807, 2.05) is 12.1 Å². The lowest BCUT2D eigenvalue weighted by molar-refractivity contribution is 0.102. The average molecular weight is 316 g/mol. The summed E-state index contributed by atoms with van der Waals surface area (Å²) in [5, 5.41) is 3.41. The van der Waals surface area contributed by atoms with Gasteiger partial charge in [0.25, 0.3) is 5.91 Å². The maximum Gasteiger partial charge on any atom is 0.257 e. The van der Waals surface area contributed by atoms with Gasteiger partial charge in [-0.1, -0.05) is 17.7 Å². The first kappa shape index (κ1) is 14.9. The molecule has 2 heterocycles. The van der Waals surface area contributed by atoms with Crippen LogP contribution in [0.15, 0.2) is 42.6 Å². The Balaban J connectivity index is 1.68. The quantitative estimate of drug-likeness (QED) is 0.932. The fraction of sp³-hybridized carbons (Fsp3) is 0.294. The molecule has 1 aromatic heterocycles. The number of aromatic nitrogens is 1. The van der Waals surface area contributed by atoms with Gasteiger partial charge in [0.05, 0.1) is 5.56 Å². The smallest absolute Gasteiger partial charge is 0.257 e. The average Bonchev–Trinajstić information content (AvgIpc) is 2.56. The molecule has 1 fully saturated rings. The number of carbonyl (C=O) groups excluding carboxylic acids is 1. The van der Waals surface area contributed by atoms with Gasteiger partial charge in [0, 0.05) is 30.0 Å². The van der Waals surface area contributed by atoms with Gasteiger partial charge in [0.1, 0.15) is 5.82 Å². The highest BCUT2D eigenvalue weighted by Gasteiger charge is 2.13. The molecule has 22 heavy (non-hydrogen) atoms. The van der Waals surface area contributed by atoms with E-state index in [-0.39, 0.29) is 5.91 Å². The molecule has 0 saturated carbocycles. The van der Waals surface area contributed by atoms with Crippen molar-refractivity contribution in [1.82, 2.24) is 4.98 Å². The van der Waals surface area contributed by atoms with E-state index in [1.165, 1.54) is 19.3 Å². The van der Waals surface area contributed by atoms with Crippen molar-refractivity contribution in [1.29, 1.82) is 0 Å². The van der Waals surface area contributed by atoms with Crippen LogP contribution in [0.5, 0.6) is 0 Å². The van der Waals surface area contributed by atoms with Crippen LogP contribution in [0, 0.1) is 0 Å². The Morgan fingerprint density at radius 1 is 1.14 bits per heavy atom. The molecule has 1 aromatic carbocycles. The second-order valence-corrected chi connectivity index (χ2v) is 5.85. The van der Waals surface area contributed by atoms with Gasteiger partial charge in [-0.3, -0.25) is 4.79 Å². The molecule has 5 heteroatoms. The zero-order valence-electron chi connectivity index (χ0n) is 12.3. The first-order valence-electron chi connectivity index (χ1n) is 7.50. The molecule has 1 saturated heterocycles. The summed E-state index contributed by atoms with van der Waals surface area (Å²) in [7, 11) is 0. The second-order valence-electron chi connectivity index (χ2n) is 5.42. The highest BCUT2D eigenvalue weighted by molar-refractivity contribution is 6.30. The fourth-order valence-corrected chi connectivity index (χ4v) is 2.79. The molecule has 2 aromatic rings. The van der Waals surface area contributed by atoms with Gasteiger partial charge >= 0.3 is 0 Å². The number of halogens is 1. The largest absolute Gasteiger partial charge is 0.357 e. The number of amides is 1. The zero-order chi connectivity index (χ0) is 15.4. The topological polar surface area (TPSA) is 45.2 Å². The molecule has 3 rings (SSSR count). The minimum absolute atomic E-state index is 0.181. The predicted octanol–water partition coefficient (Wildman–Crippen LogP) is 3.98. The number of hydrogen-bond acceptors (Lipinski definition) is 3. The first-order valence-corrected chi connectivity index (χ1v) is 7.88. The van der Waals surface area contributed by atoms with Gasteiger partial charge in [0.2, 0.25) is 0 Å². The Labute approximate surface area is 135 Å². The van der Waals surface area contributed by atoms with E-state index in [9.17, 15) is 4.79 Å². The van der Waals surface area contributed by atoms with Crippen molar-refractivity contribution in [2.75, 3.05) is 23.3 Å². The van der Waals surface area contributed by atoms with Crippen LogP contribution in [0.1, 0.15) is 29.6 Å². The van der Waals surface area contributed by atoms with Gasteiger partial charge in [-0.05, 0) is 49.6 Å². The van der Waals surface area contributed by atoms with Crippen molar-refractivity contribution >= 4 is 29.0 Å². The van der Waals surface area contributed by atoms with Crippen molar-refractivity contribution in [3.05, 3.63) is 53.2 Å². The Hall–Kier alpha value is -2.07. The van der Waals surface area contributed by atoms with E-state index in [0.717, 1.165) is 18.9 Å². The molecule has 114 valence electrons. The lowest BCUT2D eigenvalue weighted by atomic mass is 10.1. The summed E-state index contributed by atoms with van der Waals surface area (Å²) in [5.74, 6) is 0.763. The van der Waals surface area contributed by atoms with E-state index >= 15 is 0 Å². The molecule has 0 aliphatic carbocycles. The van der Waals surface area contributed by atoms with E-state index in [4.69, 9.17) is 11.6 Å². The molecule has 1 aliphatic heterocycles. The van der Waals surface area contributed by atoms with Crippen LogP contribution < -0.4 is 10.2 Å². The highest BCUT2D eigenvalue weighted by atomic mass is 35.5. The molecule has 1 N–H and O–H groups in total. The third-order valence-corrected chi connectivity index (χ3v) is 4.01. The Morgan fingerprint density at radius 3 is 2.64 bits per heavy atom. The van der Waals surface area contributed by atoms with E-state index in [0.29, 0.717) is 16.3 Å². The van der Waals surface area contributed by atoms with Crippen molar-refractivity contribution in [2.24, 2.45) is 0 Å². The van der Waals surface area contributed by atoms with Crippen LogP contribution in [-0.4, -0.2) is 24.0 Å². The lowest BCUT2D eigenvalue weighted by Crippen LogP contribution is -2.30. The summed E-state index contributed by atoms with van der Waals surface area (Å²) in [6, 6.07) is 10.8. The Kier molecular flexibility index (Phi) is 4.59. The van der Waals surface area contributed by atoms with Gasteiger partial charge in [-0.2, -0.15) is 0 Å². The van der Waals surface area contributed by atoms with Gasteiger partial charge in [-0.15, -0.1) is 0 Å². The van der Waals surface area contributed by atoms with Crippen molar-refractivity contribution in [3.63, 3.8) is 0 Å². The van der Waals surface area contributed by atoms with Crippen LogP contribution in [-0.2, 0) is 0 Å². The molecule has 1 aliphatic rings. The van der Waals surface area contributed by atoms with Crippen molar-refractivity contribution in [3.8, 4) is 0 Å².